The minimum absolute atomic E-state index is 0.0868. The smallest absolute Gasteiger partial charge is 0.480 e. The number of carbonyl (C=O) groups is 1. The van der Waals surface area contributed by atoms with E-state index >= 15 is 0 Å². The number of carboxylic acid groups (broad SMARTS) is 1. The summed E-state index contributed by atoms with van der Waals surface area (Å²) in [6.07, 6.45) is -5.95. The molecule has 0 aliphatic carbocycles. The Labute approximate surface area is 71.7 Å². The predicted molar refractivity (Wildman–Crippen MR) is 35.0 cm³/mol. The van der Waals surface area contributed by atoms with E-state index in [-0.39, 0.29) is 13.0 Å². The summed E-state index contributed by atoms with van der Waals surface area (Å²) in [6.45, 7) is -0.0868. The Morgan fingerprint density at radius 2 is 2.15 bits per heavy atom. The fraction of sp³-hybridized carbons (Fsp3) is 0.833. The first-order valence-corrected chi connectivity index (χ1v) is 3.59. The van der Waals surface area contributed by atoms with Gasteiger partial charge in [0.2, 0.25) is 0 Å². The van der Waals surface area contributed by atoms with Crippen molar-refractivity contribution in [2.75, 3.05) is 6.54 Å². The van der Waals surface area contributed by atoms with Crippen molar-refractivity contribution in [2.24, 2.45) is 0 Å². The van der Waals surface area contributed by atoms with E-state index in [4.69, 9.17) is 5.11 Å². The summed E-state index contributed by atoms with van der Waals surface area (Å²) in [5.41, 5.74) is 0. The molecule has 13 heavy (non-hydrogen) atoms. The minimum Gasteiger partial charge on any atom is -0.480 e. The Hall–Kier alpha value is -0.820. The number of hydrogen-bond donors (Lipinski definition) is 2. The van der Waals surface area contributed by atoms with Crippen LogP contribution in [0.5, 0.6) is 0 Å². The predicted octanol–water partition coefficient (Wildman–Crippen LogP) is 0.338. The summed E-state index contributed by atoms with van der Waals surface area (Å²) in [6, 6.07) is -0.938. The molecule has 2 atom stereocenters. The number of ether oxygens (including phenoxy) is 1. The third kappa shape index (κ3) is 3.19. The van der Waals surface area contributed by atoms with Gasteiger partial charge in [-0.05, 0) is 0 Å². The van der Waals surface area contributed by atoms with Crippen LogP contribution in [0.15, 0.2) is 0 Å². The Bertz CT molecular complexity index is 206. The highest BCUT2D eigenvalue weighted by Crippen LogP contribution is 2.22. The van der Waals surface area contributed by atoms with Crippen LogP contribution < -0.4 is 5.32 Å². The molecule has 0 radical (unpaired) electrons. The summed E-state index contributed by atoms with van der Waals surface area (Å²) >= 11 is 0. The molecule has 0 bridgehead atoms. The van der Waals surface area contributed by atoms with E-state index < -0.39 is 24.5 Å². The van der Waals surface area contributed by atoms with Crippen LogP contribution in [0.2, 0.25) is 0 Å². The van der Waals surface area contributed by atoms with Gasteiger partial charge in [-0.3, -0.25) is 9.53 Å². The summed E-state index contributed by atoms with van der Waals surface area (Å²) < 4.78 is 38.6. The molecule has 1 saturated heterocycles. The van der Waals surface area contributed by atoms with Gasteiger partial charge < -0.3 is 10.4 Å². The van der Waals surface area contributed by atoms with Crippen LogP contribution in [-0.2, 0) is 9.53 Å². The molecule has 76 valence electrons. The number of aliphatic carboxylic acids is 1. The van der Waals surface area contributed by atoms with E-state index in [0.717, 1.165) is 0 Å². The molecule has 4 nitrogen and oxygen atoms in total. The van der Waals surface area contributed by atoms with Gasteiger partial charge in [-0.1, -0.05) is 0 Å². The van der Waals surface area contributed by atoms with Crippen LogP contribution in [0, 0.1) is 0 Å². The zero-order valence-corrected chi connectivity index (χ0v) is 6.47. The van der Waals surface area contributed by atoms with E-state index in [1.807, 2.05) is 0 Å². The highest BCUT2D eigenvalue weighted by atomic mass is 19.4. The van der Waals surface area contributed by atoms with Gasteiger partial charge >= 0.3 is 12.3 Å². The standard InChI is InChI=1S/C6H8F3NO3/c7-6(8,9)13-3-1-4(5(11)12)10-2-3/h3-4,10H,1-2H2,(H,11,12). The molecule has 1 heterocycles. The fourth-order valence-electron chi connectivity index (χ4n) is 1.17. The van der Waals surface area contributed by atoms with Gasteiger partial charge in [-0.15, -0.1) is 13.2 Å². The van der Waals surface area contributed by atoms with E-state index in [1.54, 1.807) is 0 Å². The van der Waals surface area contributed by atoms with Crippen LogP contribution in [0.25, 0.3) is 0 Å². The normalized spacial score (nSPS) is 29.2. The molecule has 1 aliphatic heterocycles. The molecule has 0 aromatic heterocycles. The third-order valence-electron chi connectivity index (χ3n) is 1.69. The van der Waals surface area contributed by atoms with Gasteiger partial charge in [0.15, 0.2) is 0 Å². The molecule has 0 spiro atoms. The Morgan fingerprint density at radius 3 is 2.54 bits per heavy atom. The van der Waals surface area contributed by atoms with Gasteiger partial charge in [0.05, 0.1) is 6.10 Å². The first kappa shape index (κ1) is 10.3. The van der Waals surface area contributed by atoms with E-state index in [2.05, 4.69) is 10.1 Å². The highest BCUT2D eigenvalue weighted by molar-refractivity contribution is 5.73. The molecule has 2 N–H and O–H groups in total. The Kier molecular flexibility index (Phi) is 2.77. The molecule has 1 fully saturated rings. The van der Waals surface area contributed by atoms with Crippen LogP contribution in [0.4, 0.5) is 13.2 Å². The van der Waals surface area contributed by atoms with Crippen molar-refractivity contribution in [2.45, 2.75) is 24.9 Å². The summed E-state index contributed by atoms with van der Waals surface area (Å²) in [7, 11) is 0. The van der Waals surface area contributed by atoms with Gasteiger partial charge in [0.1, 0.15) is 6.04 Å². The maximum atomic E-state index is 11.6. The minimum atomic E-state index is -4.69. The summed E-state index contributed by atoms with van der Waals surface area (Å²) in [5, 5.41) is 10.8. The van der Waals surface area contributed by atoms with Crippen LogP contribution in [0.3, 0.4) is 0 Å². The molecule has 0 aromatic rings. The lowest BCUT2D eigenvalue weighted by atomic mass is 10.2. The highest BCUT2D eigenvalue weighted by Gasteiger charge is 2.38. The molecule has 0 amide bonds. The lowest BCUT2D eigenvalue weighted by molar-refractivity contribution is -0.340. The van der Waals surface area contributed by atoms with Gasteiger partial charge in [-0.25, -0.2) is 0 Å². The second kappa shape index (κ2) is 3.51. The lowest BCUT2D eigenvalue weighted by Gasteiger charge is -2.12. The SMILES string of the molecule is O=C(O)C1CC(OC(F)(F)F)CN1. The van der Waals surface area contributed by atoms with Crippen molar-refractivity contribution in [1.82, 2.24) is 5.32 Å². The van der Waals surface area contributed by atoms with Crippen molar-refractivity contribution >= 4 is 5.97 Å². The second-order valence-corrected chi connectivity index (χ2v) is 2.72. The molecule has 0 aromatic carbocycles. The van der Waals surface area contributed by atoms with E-state index in [0.29, 0.717) is 0 Å². The number of alkyl halides is 3. The number of nitrogens with one attached hydrogen (secondary N) is 1. The number of hydrogen-bond acceptors (Lipinski definition) is 3. The van der Waals surface area contributed by atoms with Crippen molar-refractivity contribution in [3.05, 3.63) is 0 Å². The van der Waals surface area contributed by atoms with Crippen LogP contribution in [-0.4, -0.2) is 36.1 Å². The number of halogens is 3. The monoisotopic (exact) mass is 199 g/mol. The molecule has 0 saturated carbocycles. The molecule has 7 heteroatoms. The van der Waals surface area contributed by atoms with Crippen molar-refractivity contribution in [3.8, 4) is 0 Å². The van der Waals surface area contributed by atoms with Gasteiger partial charge in [0, 0.05) is 13.0 Å². The quantitative estimate of drug-likeness (QED) is 0.673. The van der Waals surface area contributed by atoms with Crippen molar-refractivity contribution in [3.63, 3.8) is 0 Å². The molecule has 1 aliphatic rings. The topological polar surface area (TPSA) is 58.6 Å². The first-order valence-electron chi connectivity index (χ1n) is 3.59. The van der Waals surface area contributed by atoms with Crippen molar-refractivity contribution < 1.29 is 27.8 Å². The van der Waals surface area contributed by atoms with Gasteiger partial charge in [0.25, 0.3) is 0 Å². The Balaban J connectivity index is 2.38. The average molecular weight is 199 g/mol. The van der Waals surface area contributed by atoms with Crippen molar-refractivity contribution in [1.29, 1.82) is 0 Å². The zero-order valence-electron chi connectivity index (χ0n) is 6.47. The number of rotatable bonds is 2. The Morgan fingerprint density at radius 1 is 1.54 bits per heavy atom. The van der Waals surface area contributed by atoms with E-state index in [9.17, 15) is 18.0 Å². The maximum Gasteiger partial charge on any atom is 0.522 e. The number of carboxylic acids is 1. The molecule has 1 rings (SSSR count). The molecular weight excluding hydrogens is 191 g/mol. The van der Waals surface area contributed by atoms with Crippen LogP contribution in [0.1, 0.15) is 6.42 Å². The summed E-state index contributed by atoms with van der Waals surface area (Å²) in [4.78, 5) is 10.3. The fourth-order valence-corrected chi connectivity index (χ4v) is 1.17. The average Bonchev–Trinajstić information content (AvgIpc) is 2.31. The lowest BCUT2D eigenvalue weighted by Crippen LogP contribution is -2.30. The largest absolute Gasteiger partial charge is 0.522 e. The first-order chi connectivity index (χ1) is 5.88. The third-order valence-corrected chi connectivity index (χ3v) is 1.69. The maximum absolute atomic E-state index is 11.6. The van der Waals surface area contributed by atoms with E-state index in [1.165, 1.54) is 0 Å². The molecular formula is C6H8F3NO3. The van der Waals surface area contributed by atoms with Gasteiger partial charge in [-0.2, -0.15) is 0 Å². The van der Waals surface area contributed by atoms with Crippen LogP contribution >= 0.6 is 0 Å². The zero-order chi connectivity index (χ0) is 10.1. The molecule has 2 unspecified atom stereocenters. The summed E-state index contributed by atoms with van der Waals surface area (Å²) in [5.74, 6) is -1.16. The second-order valence-electron chi connectivity index (χ2n) is 2.72.